The number of carbonyl (C=O) groups is 3. The Bertz CT molecular complexity index is 1440. The summed E-state index contributed by atoms with van der Waals surface area (Å²) in [6, 6.07) is 19.2. The fraction of sp³-hybridized carbons (Fsp3) is 0.290. The number of aliphatic imine (C=N–C) groups is 1. The molecule has 2 amide bonds. The SMILES string of the molecule is CCOC(=O)c1ccc(N=C2SC(C(=O)Nc3ccc(OC)cc3)CC(=O)N2CCc2ccc(OC)c(OC)c2)cc1. The second-order valence-corrected chi connectivity index (χ2v) is 10.3. The molecule has 1 heterocycles. The lowest BCUT2D eigenvalue weighted by Crippen LogP contribution is -2.46. The van der Waals surface area contributed by atoms with Crippen LogP contribution in [0.25, 0.3) is 0 Å². The van der Waals surface area contributed by atoms with E-state index in [4.69, 9.17) is 23.9 Å². The fourth-order valence-electron chi connectivity index (χ4n) is 4.23. The van der Waals surface area contributed by atoms with Gasteiger partial charge >= 0.3 is 5.97 Å². The van der Waals surface area contributed by atoms with Gasteiger partial charge in [-0.25, -0.2) is 9.79 Å². The van der Waals surface area contributed by atoms with Crippen LogP contribution < -0.4 is 19.5 Å². The minimum Gasteiger partial charge on any atom is -0.497 e. The molecular formula is C31H33N3O7S. The molecule has 0 bridgehead atoms. The van der Waals surface area contributed by atoms with E-state index in [2.05, 4.69) is 5.32 Å². The number of nitrogens with one attached hydrogen (secondary N) is 1. The Labute approximate surface area is 249 Å². The van der Waals surface area contributed by atoms with Gasteiger partial charge in [0.2, 0.25) is 11.8 Å². The Morgan fingerprint density at radius 1 is 0.952 bits per heavy atom. The zero-order valence-corrected chi connectivity index (χ0v) is 24.7. The van der Waals surface area contributed by atoms with Gasteiger partial charge in [0.05, 0.1) is 39.2 Å². The molecular weight excluding hydrogens is 558 g/mol. The molecule has 1 unspecified atom stereocenters. The largest absolute Gasteiger partial charge is 0.497 e. The maximum absolute atomic E-state index is 13.4. The molecule has 42 heavy (non-hydrogen) atoms. The highest BCUT2D eigenvalue weighted by molar-refractivity contribution is 8.15. The Morgan fingerprint density at radius 3 is 2.31 bits per heavy atom. The van der Waals surface area contributed by atoms with Crippen molar-refractivity contribution in [3.05, 3.63) is 77.9 Å². The summed E-state index contributed by atoms with van der Waals surface area (Å²) in [7, 11) is 4.71. The van der Waals surface area contributed by atoms with Gasteiger partial charge in [-0.15, -0.1) is 0 Å². The highest BCUT2D eigenvalue weighted by Crippen LogP contribution is 2.32. The van der Waals surface area contributed by atoms with Gasteiger partial charge in [0.1, 0.15) is 11.0 Å². The molecule has 1 N–H and O–H groups in total. The smallest absolute Gasteiger partial charge is 0.338 e. The molecule has 0 aliphatic carbocycles. The van der Waals surface area contributed by atoms with Gasteiger partial charge in [-0.3, -0.25) is 14.5 Å². The molecule has 0 radical (unpaired) electrons. The molecule has 4 rings (SSSR count). The molecule has 1 saturated heterocycles. The summed E-state index contributed by atoms with van der Waals surface area (Å²) in [6.07, 6.45) is 0.537. The summed E-state index contributed by atoms with van der Waals surface area (Å²) in [5.41, 5.74) is 2.47. The molecule has 3 aromatic rings. The molecule has 1 fully saturated rings. The van der Waals surface area contributed by atoms with Crippen LogP contribution in [-0.4, -0.2) is 67.6 Å². The average Bonchev–Trinajstić information content (AvgIpc) is 3.01. The number of amidine groups is 1. The second-order valence-electron chi connectivity index (χ2n) is 9.17. The van der Waals surface area contributed by atoms with E-state index in [1.54, 1.807) is 81.7 Å². The van der Waals surface area contributed by atoms with E-state index in [1.807, 2.05) is 18.2 Å². The van der Waals surface area contributed by atoms with Crippen molar-refractivity contribution in [1.29, 1.82) is 0 Å². The lowest BCUT2D eigenvalue weighted by atomic mass is 10.1. The van der Waals surface area contributed by atoms with Crippen molar-refractivity contribution >= 4 is 46.1 Å². The summed E-state index contributed by atoms with van der Waals surface area (Å²) in [6.45, 7) is 2.36. The number of anilines is 1. The highest BCUT2D eigenvalue weighted by Gasteiger charge is 2.36. The Balaban J connectivity index is 1.56. The zero-order valence-electron chi connectivity index (χ0n) is 23.9. The van der Waals surface area contributed by atoms with Crippen molar-refractivity contribution in [3.63, 3.8) is 0 Å². The van der Waals surface area contributed by atoms with E-state index in [0.29, 0.717) is 52.3 Å². The molecule has 10 nitrogen and oxygen atoms in total. The lowest BCUT2D eigenvalue weighted by molar-refractivity contribution is -0.129. The summed E-state index contributed by atoms with van der Waals surface area (Å²) in [5, 5.41) is 2.59. The van der Waals surface area contributed by atoms with Crippen LogP contribution in [0, 0.1) is 0 Å². The van der Waals surface area contributed by atoms with Gasteiger partial charge in [0.25, 0.3) is 0 Å². The summed E-state index contributed by atoms with van der Waals surface area (Å²) < 4.78 is 21.0. The molecule has 3 aromatic carbocycles. The van der Waals surface area contributed by atoms with Gasteiger partial charge in [-0.1, -0.05) is 17.8 Å². The molecule has 0 saturated carbocycles. The molecule has 0 spiro atoms. The highest BCUT2D eigenvalue weighted by atomic mass is 32.2. The number of rotatable bonds is 11. The number of benzene rings is 3. The fourth-order valence-corrected chi connectivity index (χ4v) is 5.36. The maximum Gasteiger partial charge on any atom is 0.338 e. The standard InChI is InChI=1S/C31H33N3O7S/c1-5-41-30(37)21-7-9-23(10-8-21)33-31-34(17-16-20-6-15-25(39-3)26(18-20)40-4)28(35)19-27(42-31)29(36)32-22-11-13-24(38-2)14-12-22/h6-15,18,27H,5,16-17,19H2,1-4H3,(H,32,36). The first kappa shape index (κ1) is 30.4. The van der Waals surface area contributed by atoms with Gasteiger partial charge in [0.15, 0.2) is 16.7 Å². The first-order chi connectivity index (χ1) is 20.3. The summed E-state index contributed by atoms with van der Waals surface area (Å²) in [5.74, 6) is 0.939. The van der Waals surface area contributed by atoms with Crippen LogP contribution in [0.5, 0.6) is 17.2 Å². The molecule has 220 valence electrons. The maximum atomic E-state index is 13.4. The number of esters is 1. The molecule has 1 atom stereocenters. The van der Waals surface area contributed by atoms with Crippen LogP contribution in [0.2, 0.25) is 0 Å². The van der Waals surface area contributed by atoms with Gasteiger partial charge in [-0.2, -0.15) is 0 Å². The average molecular weight is 592 g/mol. The molecule has 1 aliphatic heterocycles. The predicted molar refractivity (Wildman–Crippen MR) is 162 cm³/mol. The Morgan fingerprint density at radius 2 is 1.67 bits per heavy atom. The normalized spacial score (nSPS) is 15.7. The van der Waals surface area contributed by atoms with Crippen LogP contribution in [0.15, 0.2) is 71.7 Å². The van der Waals surface area contributed by atoms with Crippen LogP contribution >= 0.6 is 11.8 Å². The number of methoxy groups -OCH3 is 3. The van der Waals surface area contributed by atoms with Gasteiger partial charge < -0.3 is 24.3 Å². The lowest BCUT2D eigenvalue weighted by Gasteiger charge is -2.32. The van der Waals surface area contributed by atoms with Crippen LogP contribution in [0.3, 0.4) is 0 Å². The third-order valence-electron chi connectivity index (χ3n) is 6.46. The number of carbonyl (C=O) groups excluding carboxylic acids is 3. The van der Waals surface area contributed by atoms with Crippen molar-refractivity contribution in [2.24, 2.45) is 4.99 Å². The van der Waals surface area contributed by atoms with E-state index in [9.17, 15) is 14.4 Å². The number of hydrogen-bond acceptors (Lipinski definition) is 9. The Hall–Kier alpha value is -4.51. The minimum absolute atomic E-state index is 0.0133. The van der Waals surface area contributed by atoms with Crippen molar-refractivity contribution in [1.82, 2.24) is 4.90 Å². The van der Waals surface area contributed by atoms with Crippen molar-refractivity contribution in [3.8, 4) is 17.2 Å². The van der Waals surface area contributed by atoms with Crippen LogP contribution in [0.4, 0.5) is 11.4 Å². The number of amides is 2. The van der Waals surface area contributed by atoms with E-state index >= 15 is 0 Å². The zero-order chi connectivity index (χ0) is 30.1. The monoisotopic (exact) mass is 591 g/mol. The van der Waals surface area contributed by atoms with Crippen LogP contribution in [-0.2, 0) is 20.7 Å². The van der Waals surface area contributed by atoms with Crippen molar-refractivity contribution in [2.75, 3.05) is 39.8 Å². The molecule has 1 aliphatic rings. The molecule has 0 aromatic heterocycles. The predicted octanol–water partition coefficient (Wildman–Crippen LogP) is 5.09. The summed E-state index contributed by atoms with van der Waals surface area (Å²) >= 11 is 1.22. The van der Waals surface area contributed by atoms with Crippen molar-refractivity contribution in [2.45, 2.75) is 25.0 Å². The third kappa shape index (κ3) is 7.61. The number of ether oxygens (including phenoxy) is 4. The first-order valence-electron chi connectivity index (χ1n) is 13.3. The first-order valence-corrected chi connectivity index (χ1v) is 14.2. The van der Waals surface area contributed by atoms with E-state index in [1.165, 1.54) is 11.8 Å². The van der Waals surface area contributed by atoms with Crippen molar-refractivity contribution < 1.29 is 33.3 Å². The third-order valence-corrected chi connectivity index (χ3v) is 7.65. The topological polar surface area (TPSA) is 116 Å². The van der Waals surface area contributed by atoms with E-state index in [0.717, 1.165) is 5.56 Å². The number of nitrogens with zero attached hydrogens (tertiary/aromatic N) is 2. The minimum atomic E-state index is -0.686. The quantitative estimate of drug-likeness (QED) is 0.307. The van der Waals surface area contributed by atoms with Gasteiger partial charge in [-0.05, 0) is 79.6 Å². The Kier molecular flexibility index (Phi) is 10.4. The van der Waals surface area contributed by atoms with Gasteiger partial charge in [0, 0.05) is 18.7 Å². The number of hydrogen-bond donors (Lipinski definition) is 1. The molecule has 11 heteroatoms. The number of thioether (sulfide) groups is 1. The van der Waals surface area contributed by atoms with E-state index in [-0.39, 0.29) is 24.8 Å². The second kappa shape index (κ2) is 14.4. The van der Waals surface area contributed by atoms with E-state index < -0.39 is 11.2 Å². The van der Waals surface area contributed by atoms with Crippen LogP contribution in [0.1, 0.15) is 29.3 Å². The summed E-state index contributed by atoms with van der Waals surface area (Å²) in [4.78, 5) is 45.0.